The van der Waals surface area contributed by atoms with Gasteiger partial charge >= 0.3 is 5.97 Å². The Bertz CT molecular complexity index is 531. The Kier molecular flexibility index (Phi) is 7.07. The van der Waals surface area contributed by atoms with Crippen LogP contribution in [0.15, 0.2) is 29.4 Å². The van der Waals surface area contributed by atoms with Crippen molar-refractivity contribution < 1.29 is 14.4 Å². The topological polar surface area (TPSA) is 51.1 Å². The molecule has 1 aromatic carbocycles. The van der Waals surface area contributed by atoms with Crippen molar-refractivity contribution in [1.82, 2.24) is 4.90 Å². The number of piperidine rings is 1. The van der Waals surface area contributed by atoms with E-state index in [2.05, 4.69) is 10.1 Å². The molecule has 0 radical (unpaired) electrons. The Hall–Kier alpha value is -1.88. The molecule has 0 aliphatic carbocycles. The number of hydrogen-bond donors (Lipinski definition) is 0. The van der Waals surface area contributed by atoms with Crippen LogP contribution in [0.25, 0.3) is 0 Å². The van der Waals surface area contributed by atoms with Crippen LogP contribution < -0.4 is 0 Å². The Morgan fingerprint density at radius 2 is 2.26 bits per heavy atom. The Labute approximate surface area is 138 Å². The van der Waals surface area contributed by atoms with Crippen LogP contribution in [0.3, 0.4) is 0 Å². The molecule has 1 aliphatic rings. The highest BCUT2D eigenvalue weighted by Crippen LogP contribution is 2.17. The summed E-state index contributed by atoms with van der Waals surface area (Å²) in [6.07, 6.45) is 3.69. The maximum atomic E-state index is 11.8. The second-order valence-electron chi connectivity index (χ2n) is 5.82. The van der Waals surface area contributed by atoms with E-state index in [9.17, 15) is 4.79 Å². The highest BCUT2D eigenvalue weighted by Gasteiger charge is 2.26. The third kappa shape index (κ3) is 5.67. The first-order valence-electron chi connectivity index (χ1n) is 8.30. The molecule has 0 aromatic heterocycles. The van der Waals surface area contributed by atoms with Crippen molar-refractivity contribution in [1.29, 1.82) is 0 Å². The van der Waals surface area contributed by atoms with Gasteiger partial charge < -0.3 is 9.57 Å². The van der Waals surface area contributed by atoms with E-state index in [1.54, 1.807) is 6.21 Å². The number of nitrogens with zero attached hydrogens (tertiary/aromatic N) is 2. The van der Waals surface area contributed by atoms with E-state index in [1.165, 1.54) is 5.56 Å². The standard InChI is InChI=1S/C18H26N2O3/c1-3-22-18(21)17-9-6-10-20(14-17)11-12-23-19-13-16-8-5-4-7-15(16)2/h4-5,7-8,13,17H,3,6,9-12,14H2,1-2H3/t17-/m1/s1. The zero-order valence-electron chi connectivity index (χ0n) is 14.0. The van der Waals surface area contributed by atoms with E-state index >= 15 is 0 Å². The van der Waals surface area contributed by atoms with Gasteiger partial charge in [0.25, 0.3) is 0 Å². The summed E-state index contributed by atoms with van der Waals surface area (Å²) in [4.78, 5) is 19.4. The van der Waals surface area contributed by atoms with Crippen molar-refractivity contribution in [3.05, 3.63) is 35.4 Å². The Morgan fingerprint density at radius 1 is 1.43 bits per heavy atom. The third-order valence-electron chi connectivity index (χ3n) is 4.08. The second kappa shape index (κ2) is 9.30. The summed E-state index contributed by atoms with van der Waals surface area (Å²) in [5.74, 6) is -0.0742. The normalized spacial score (nSPS) is 19.0. The summed E-state index contributed by atoms with van der Waals surface area (Å²) in [5.41, 5.74) is 2.24. The molecule has 0 N–H and O–H groups in total. The minimum Gasteiger partial charge on any atom is -0.466 e. The Balaban J connectivity index is 1.70. The van der Waals surface area contributed by atoms with Crippen LogP contribution in [-0.4, -0.2) is 49.9 Å². The lowest BCUT2D eigenvalue weighted by Gasteiger charge is -2.30. The molecule has 5 nitrogen and oxygen atoms in total. The lowest BCUT2D eigenvalue weighted by atomic mass is 9.98. The minimum atomic E-state index is -0.0734. The maximum absolute atomic E-state index is 11.8. The molecular formula is C18H26N2O3. The summed E-state index contributed by atoms with van der Waals surface area (Å²) < 4.78 is 5.11. The molecule has 1 saturated heterocycles. The van der Waals surface area contributed by atoms with Crippen LogP contribution in [0.4, 0.5) is 0 Å². The van der Waals surface area contributed by atoms with Gasteiger partial charge in [-0.2, -0.15) is 0 Å². The molecule has 0 unspecified atom stereocenters. The number of oxime groups is 1. The van der Waals surface area contributed by atoms with Gasteiger partial charge in [-0.15, -0.1) is 0 Å². The van der Waals surface area contributed by atoms with Gasteiger partial charge in [-0.05, 0) is 44.4 Å². The molecule has 0 saturated carbocycles. The molecule has 1 aliphatic heterocycles. The third-order valence-corrected chi connectivity index (χ3v) is 4.08. The van der Waals surface area contributed by atoms with E-state index in [4.69, 9.17) is 9.57 Å². The molecule has 5 heteroatoms. The predicted molar refractivity (Wildman–Crippen MR) is 90.5 cm³/mol. The van der Waals surface area contributed by atoms with E-state index in [-0.39, 0.29) is 11.9 Å². The van der Waals surface area contributed by atoms with Crippen molar-refractivity contribution >= 4 is 12.2 Å². The first-order chi connectivity index (χ1) is 11.2. The van der Waals surface area contributed by atoms with Crippen LogP contribution in [-0.2, 0) is 14.4 Å². The second-order valence-corrected chi connectivity index (χ2v) is 5.82. The fraction of sp³-hybridized carbons (Fsp3) is 0.556. The number of rotatable bonds is 7. The van der Waals surface area contributed by atoms with Crippen molar-refractivity contribution in [3.8, 4) is 0 Å². The number of benzene rings is 1. The summed E-state index contributed by atoms with van der Waals surface area (Å²) in [5, 5.41) is 4.03. The van der Waals surface area contributed by atoms with Crippen LogP contribution in [0.1, 0.15) is 30.9 Å². The monoisotopic (exact) mass is 318 g/mol. The van der Waals surface area contributed by atoms with Gasteiger partial charge in [-0.3, -0.25) is 9.69 Å². The first kappa shape index (κ1) is 17.5. The average molecular weight is 318 g/mol. The van der Waals surface area contributed by atoms with E-state index in [0.29, 0.717) is 13.2 Å². The summed E-state index contributed by atoms with van der Waals surface area (Å²) in [6.45, 7) is 7.40. The quantitative estimate of drug-likeness (QED) is 0.336. The molecule has 1 aromatic rings. The molecule has 2 rings (SSSR count). The van der Waals surface area contributed by atoms with Gasteiger partial charge in [0.15, 0.2) is 0 Å². The van der Waals surface area contributed by atoms with Crippen molar-refractivity contribution in [2.75, 3.05) is 32.8 Å². The number of esters is 1. The minimum absolute atomic E-state index is 0.000769. The number of carbonyl (C=O) groups is 1. The lowest BCUT2D eigenvalue weighted by molar-refractivity contribution is -0.150. The molecule has 1 heterocycles. The van der Waals surface area contributed by atoms with Gasteiger partial charge in [0.2, 0.25) is 0 Å². The highest BCUT2D eigenvalue weighted by molar-refractivity contribution is 5.81. The van der Waals surface area contributed by atoms with Crippen molar-refractivity contribution in [2.24, 2.45) is 11.1 Å². The van der Waals surface area contributed by atoms with Gasteiger partial charge in [0.05, 0.1) is 18.7 Å². The van der Waals surface area contributed by atoms with Crippen molar-refractivity contribution in [3.63, 3.8) is 0 Å². The number of aryl methyl sites for hydroxylation is 1. The molecule has 0 amide bonds. The van der Waals surface area contributed by atoms with E-state index in [1.807, 2.05) is 38.1 Å². The molecule has 1 atom stereocenters. The molecule has 1 fully saturated rings. The van der Waals surface area contributed by atoms with Gasteiger partial charge in [0, 0.05) is 13.1 Å². The average Bonchev–Trinajstić information content (AvgIpc) is 2.57. The van der Waals surface area contributed by atoms with E-state index < -0.39 is 0 Å². The SMILES string of the molecule is CCOC(=O)[C@@H]1CCCN(CCON=Cc2ccccc2C)C1. The summed E-state index contributed by atoms with van der Waals surface area (Å²) >= 11 is 0. The van der Waals surface area contributed by atoms with E-state index in [0.717, 1.165) is 38.0 Å². The molecular weight excluding hydrogens is 292 g/mol. The molecule has 126 valence electrons. The van der Waals surface area contributed by atoms with Gasteiger partial charge in [0.1, 0.15) is 6.61 Å². The fourth-order valence-electron chi connectivity index (χ4n) is 2.76. The zero-order chi connectivity index (χ0) is 16.5. The lowest BCUT2D eigenvalue weighted by Crippen LogP contribution is -2.40. The number of carbonyl (C=O) groups excluding carboxylic acids is 1. The Morgan fingerprint density at radius 3 is 3.04 bits per heavy atom. The number of hydrogen-bond acceptors (Lipinski definition) is 5. The highest BCUT2D eigenvalue weighted by atomic mass is 16.6. The molecule has 0 bridgehead atoms. The smallest absolute Gasteiger partial charge is 0.310 e. The van der Waals surface area contributed by atoms with Crippen LogP contribution in [0.5, 0.6) is 0 Å². The fourth-order valence-corrected chi connectivity index (χ4v) is 2.76. The largest absolute Gasteiger partial charge is 0.466 e. The van der Waals surface area contributed by atoms with Crippen LogP contribution >= 0.6 is 0 Å². The molecule has 0 spiro atoms. The van der Waals surface area contributed by atoms with Gasteiger partial charge in [-0.25, -0.2) is 0 Å². The molecule has 23 heavy (non-hydrogen) atoms. The summed E-state index contributed by atoms with van der Waals surface area (Å²) in [6, 6.07) is 8.04. The zero-order valence-corrected chi connectivity index (χ0v) is 14.0. The first-order valence-corrected chi connectivity index (χ1v) is 8.30. The van der Waals surface area contributed by atoms with Crippen molar-refractivity contribution in [2.45, 2.75) is 26.7 Å². The maximum Gasteiger partial charge on any atom is 0.310 e. The number of ether oxygens (including phenoxy) is 1. The van der Waals surface area contributed by atoms with Crippen LogP contribution in [0, 0.1) is 12.8 Å². The van der Waals surface area contributed by atoms with Gasteiger partial charge in [-0.1, -0.05) is 29.4 Å². The van der Waals surface area contributed by atoms with Crippen LogP contribution in [0.2, 0.25) is 0 Å². The summed E-state index contributed by atoms with van der Waals surface area (Å²) in [7, 11) is 0. The number of likely N-dealkylation sites (tertiary alicyclic amines) is 1. The predicted octanol–water partition coefficient (Wildman–Crippen LogP) is 2.62.